The molecule has 0 amide bonds. The highest BCUT2D eigenvalue weighted by Crippen LogP contribution is 2.41. The third-order valence-electron chi connectivity index (χ3n) is 4.23. The Morgan fingerprint density at radius 3 is 2.70 bits per heavy atom. The fraction of sp³-hybridized carbons (Fsp3) is 0.222. The number of imidazole rings is 1. The molecular weight excluding hydrogens is 331 g/mol. The van der Waals surface area contributed by atoms with Crippen molar-refractivity contribution in [2.45, 2.75) is 25.3 Å². The predicted octanol–water partition coefficient (Wildman–Crippen LogP) is 4.99. The van der Waals surface area contributed by atoms with E-state index in [-0.39, 0.29) is 0 Å². The van der Waals surface area contributed by atoms with Gasteiger partial charge in [0.25, 0.3) is 5.24 Å². The van der Waals surface area contributed by atoms with E-state index in [4.69, 9.17) is 28.2 Å². The summed E-state index contributed by atoms with van der Waals surface area (Å²) in [5, 5.41) is 0.283. The minimum atomic E-state index is -0.453. The van der Waals surface area contributed by atoms with Crippen LogP contribution < -0.4 is 0 Å². The highest BCUT2D eigenvalue weighted by molar-refractivity contribution is 6.67. The predicted molar refractivity (Wildman–Crippen MR) is 92.4 cm³/mol. The molecular formula is C18H14Cl2N2O. The van der Waals surface area contributed by atoms with Crippen LogP contribution >= 0.6 is 23.2 Å². The van der Waals surface area contributed by atoms with Crippen molar-refractivity contribution in [1.29, 1.82) is 0 Å². The summed E-state index contributed by atoms with van der Waals surface area (Å²) in [5.41, 5.74) is 3.35. The van der Waals surface area contributed by atoms with E-state index >= 15 is 0 Å². The Balaban J connectivity index is 1.88. The topological polar surface area (TPSA) is 34.9 Å². The molecule has 1 aromatic heterocycles. The van der Waals surface area contributed by atoms with Crippen molar-refractivity contribution in [3.8, 4) is 0 Å². The van der Waals surface area contributed by atoms with Gasteiger partial charge in [-0.25, -0.2) is 4.98 Å². The lowest BCUT2D eigenvalue weighted by Gasteiger charge is -2.10. The van der Waals surface area contributed by atoms with Gasteiger partial charge in [-0.2, -0.15) is 0 Å². The van der Waals surface area contributed by atoms with Gasteiger partial charge in [0.15, 0.2) is 0 Å². The molecule has 1 heterocycles. The molecule has 0 spiro atoms. The maximum Gasteiger partial charge on any atom is 0.252 e. The van der Waals surface area contributed by atoms with Gasteiger partial charge in [-0.3, -0.25) is 4.79 Å². The molecule has 0 radical (unpaired) electrons. The number of hydrogen-bond donors (Lipinski definition) is 0. The molecule has 4 rings (SSSR count). The molecule has 2 aromatic carbocycles. The highest BCUT2D eigenvalue weighted by atomic mass is 35.5. The molecule has 0 aliphatic heterocycles. The third-order valence-corrected chi connectivity index (χ3v) is 4.82. The molecule has 3 nitrogen and oxygen atoms in total. The third kappa shape index (κ3) is 2.75. The van der Waals surface area contributed by atoms with Crippen LogP contribution in [0, 0.1) is 0 Å². The Morgan fingerprint density at radius 1 is 1.22 bits per heavy atom. The van der Waals surface area contributed by atoms with Gasteiger partial charge < -0.3 is 4.57 Å². The fourth-order valence-corrected chi connectivity index (χ4v) is 3.19. The van der Waals surface area contributed by atoms with Crippen LogP contribution in [-0.4, -0.2) is 14.8 Å². The van der Waals surface area contributed by atoms with Crippen molar-refractivity contribution in [1.82, 2.24) is 9.55 Å². The summed E-state index contributed by atoms with van der Waals surface area (Å²) in [6.45, 7) is 0.641. The number of hydrogen-bond acceptors (Lipinski definition) is 2. The largest absolute Gasteiger partial charge is 0.323 e. The molecule has 5 heteroatoms. The second-order valence-corrected chi connectivity index (χ2v) is 6.65. The molecule has 1 fully saturated rings. The molecule has 0 atom stereocenters. The lowest BCUT2D eigenvalue weighted by molar-refractivity contribution is 0.108. The van der Waals surface area contributed by atoms with E-state index in [9.17, 15) is 4.79 Å². The summed E-state index contributed by atoms with van der Waals surface area (Å²) in [6.07, 6.45) is 2.32. The highest BCUT2D eigenvalue weighted by Gasteiger charge is 2.30. The van der Waals surface area contributed by atoms with Crippen LogP contribution in [0.4, 0.5) is 0 Å². The van der Waals surface area contributed by atoms with Gasteiger partial charge in [0.1, 0.15) is 5.82 Å². The maximum absolute atomic E-state index is 11.5. The second-order valence-electron chi connectivity index (χ2n) is 5.90. The van der Waals surface area contributed by atoms with Crippen LogP contribution in [-0.2, 0) is 6.54 Å². The summed E-state index contributed by atoms with van der Waals surface area (Å²) in [7, 11) is 0. The number of nitrogens with zero attached hydrogens (tertiary/aromatic N) is 2. The van der Waals surface area contributed by atoms with E-state index in [1.807, 2.05) is 36.4 Å². The number of aromatic nitrogens is 2. The van der Waals surface area contributed by atoms with Crippen molar-refractivity contribution in [3.63, 3.8) is 0 Å². The van der Waals surface area contributed by atoms with Gasteiger partial charge in [0, 0.05) is 16.5 Å². The molecule has 0 N–H and O–H groups in total. The van der Waals surface area contributed by atoms with E-state index in [1.165, 1.54) is 0 Å². The molecule has 23 heavy (non-hydrogen) atoms. The average Bonchev–Trinajstić information content (AvgIpc) is 3.32. The van der Waals surface area contributed by atoms with Gasteiger partial charge in [-0.05, 0) is 54.3 Å². The van der Waals surface area contributed by atoms with Gasteiger partial charge in [0.2, 0.25) is 0 Å². The van der Waals surface area contributed by atoms with Crippen LogP contribution in [0.2, 0.25) is 5.02 Å². The standard InChI is InChI=1S/C18H14Cl2N2O/c19-14-4-2-1-3-13(14)10-22-16-9-12(17(20)23)7-8-15(16)21-18(22)11-5-6-11/h1-4,7-9,11H,5-6,10H2. The molecule has 0 saturated heterocycles. The minimum absolute atomic E-state index is 0.453. The van der Waals surface area contributed by atoms with Crippen molar-refractivity contribution >= 4 is 39.5 Å². The Hall–Kier alpha value is -1.84. The Morgan fingerprint density at radius 2 is 2.00 bits per heavy atom. The van der Waals surface area contributed by atoms with Crippen molar-refractivity contribution in [2.75, 3.05) is 0 Å². The van der Waals surface area contributed by atoms with E-state index in [0.29, 0.717) is 18.0 Å². The van der Waals surface area contributed by atoms with Gasteiger partial charge >= 0.3 is 0 Å². The first-order valence-corrected chi connectivity index (χ1v) is 8.32. The lowest BCUT2D eigenvalue weighted by Crippen LogP contribution is -2.05. The van der Waals surface area contributed by atoms with E-state index < -0.39 is 5.24 Å². The second kappa shape index (κ2) is 5.66. The summed E-state index contributed by atoms with van der Waals surface area (Å²) >= 11 is 11.9. The minimum Gasteiger partial charge on any atom is -0.323 e. The first-order chi connectivity index (χ1) is 11.1. The van der Waals surface area contributed by atoms with E-state index in [0.717, 1.165) is 40.3 Å². The van der Waals surface area contributed by atoms with E-state index in [2.05, 4.69) is 4.57 Å². The van der Waals surface area contributed by atoms with Gasteiger partial charge in [-0.15, -0.1) is 0 Å². The number of carbonyl (C=O) groups is 1. The normalized spacial score (nSPS) is 14.3. The van der Waals surface area contributed by atoms with Crippen LogP contribution in [0.25, 0.3) is 11.0 Å². The van der Waals surface area contributed by atoms with E-state index in [1.54, 1.807) is 6.07 Å². The molecule has 1 aliphatic rings. The smallest absolute Gasteiger partial charge is 0.252 e. The zero-order valence-electron chi connectivity index (χ0n) is 12.3. The lowest BCUT2D eigenvalue weighted by atomic mass is 10.2. The average molecular weight is 345 g/mol. The monoisotopic (exact) mass is 344 g/mol. The fourth-order valence-electron chi connectivity index (χ4n) is 2.88. The number of benzene rings is 2. The van der Waals surface area contributed by atoms with Gasteiger partial charge in [-0.1, -0.05) is 29.8 Å². The molecule has 1 aliphatic carbocycles. The zero-order chi connectivity index (χ0) is 16.0. The van der Waals surface area contributed by atoms with Crippen molar-refractivity contribution < 1.29 is 4.79 Å². The quantitative estimate of drug-likeness (QED) is 0.624. The Labute approximate surface area is 143 Å². The van der Waals surface area contributed by atoms with Crippen LogP contribution in [0.15, 0.2) is 42.5 Å². The molecule has 1 saturated carbocycles. The molecule has 116 valence electrons. The summed E-state index contributed by atoms with van der Waals surface area (Å²) < 4.78 is 2.16. The maximum atomic E-state index is 11.5. The zero-order valence-corrected chi connectivity index (χ0v) is 13.8. The molecule has 3 aromatic rings. The van der Waals surface area contributed by atoms with Crippen LogP contribution in [0.1, 0.15) is 40.5 Å². The first kappa shape index (κ1) is 14.7. The summed E-state index contributed by atoms with van der Waals surface area (Å²) in [4.78, 5) is 16.2. The molecule has 0 unspecified atom stereocenters. The van der Waals surface area contributed by atoms with Crippen molar-refractivity contribution in [2.24, 2.45) is 0 Å². The van der Waals surface area contributed by atoms with Crippen LogP contribution in [0.3, 0.4) is 0 Å². The summed E-state index contributed by atoms with van der Waals surface area (Å²) in [6, 6.07) is 13.2. The van der Waals surface area contributed by atoms with Crippen LogP contribution in [0.5, 0.6) is 0 Å². The number of fused-ring (bicyclic) bond motifs is 1. The first-order valence-electron chi connectivity index (χ1n) is 7.57. The Kier molecular flexibility index (Phi) is 3.63. The molecule has 0 bridgehead atoms. The number of halogens is 2. The van der Waals surface area contributed by atoms with Crippen molar-refractivity contribution in [3.05, 3.63) is 64.4 Å². The summed E-state index contributed by atoms with van der Waals surface area (Å²) in [5.74, 6) is 1.57. The van der Waals surface area contributed by atoms with Gasteiger partial charge in [0.05, 0.1) is 17.6 Å². The number of carbonyl (C=O) groups excluding carboxylic acids is 1. The SMILES string of the molecule is O=C(Cl)c1ccc2nc(C3CC3)n(Cc3ccccc3Cl)c2c1. The number of rotatable bonds is 4. The Bertz CT molecular complexity index is 913.